The number of sulfone groups is 1. The largest absolute Gasteiger partial charge is 0.368 e. The van der Waals surface area contributed by atoms with Crippen molar-refractivity contribution in [3.63, 3.8) is 0 Å². The highest BCUT2D eigenvalue weighted by Crippen LogP contribution is 2.46. The minimum atomic E-state index is -3.27. The number of rotatable bonds is 4. The molecule has 0 unspecified atom stereocenters. The number of hydrogen-bond acceptors (Lipinski definition) is 4. The van der Waals surface area contributed by atoms with Gasteiger partial charge >= 0.3 is 0 Å². The number of likely N-dealkylation sites (tertiary alicyclic amines) is 1. The molecule has 0 radical (unpaired) electrons. The van der Waals surface area contributed by atoms with Gasteiger partial charge in [-0.2, -0.15) is 0 Å². The number of nitrogens with zero attached hydrogens (tertiary/aromatic N) is 1. The molecule has 1 aliphatic carbocycles. The predicted octanol–water partition coefficient (Wildman–Crippen LogP) is 0.988. The van der Waals surface area contributed by atoms with Crippen LogP contribution < -0.4 is 5.73 Å². The van der Waals surface area contributed by atoms with Crippen LogP contribution in [-0.4, -0.2) is 44.0 Å². The highest BCUT2D eigenvalue weighted by molar-refractivity contribution is 7.90. The molecule has 2 fully saturated rings. The van der Waals surface area contributed by atoms with Gasteiger partial charge in [-0.25, -0.2) is 8.42 Å². The summed E-state index contributed by atoms with van der Waals surface area (Å²) in [5, 5.41) is 0. The summed E-state index contributed by atoms with van der Waals surface area (Å²) in [5.41, 5.74) is 5.61. The summed E-state index contributed by atoms with van der Waals surface area (Å²) in [6.45, 7) is 0.551. The second-order valence-electron chi connectivity index (χ2n) is 6.79. The molecule has 130 valence electrons. The molecule has 2 aliphatic rings. The molecule has 0 aromatic heterocycles. The third-order valence-electron chi connectivity index (χ3n) is 5.29. The second kappa shape index (κ2) is 5.88. The molecule has 6 nitrogen and oxygen atoms in total. The molecular weight excluding hydrogens is 328 g/mol. The average Bonchev–Trinajstić information content (AvgIpc) is 2.95. The lowest BCUT2D eigenvalue weighted by Crippen LogP contribution is -2.54. The standard InChI is InChI=1S/C17H22N2O4S/c1-24(22,23)13-7-5-12(6-8-13)17(9-3-10-17)16(21)19-11-2-4-14(19)15(18)20/h5-8,14H,2-4,9-11H2,1H3,(H2,18,20)/t14-/m1/s1. The van der Waals surface area contributed by atoms with Crippen LogP contribution in [0.25, 0.3) is 0 Å². The van der Waals surface area contributed by atoms with Gasteiger partial charge in [-0.15, -0.1) is 0 Å². The highest BCUT2D eigenvalue weighted by Gasteiger charge is 2.50. The van der Waals surface area contributed by atoms with Gasteiger partial charge < -0.3 is 10.6 Å². The number of hydrogen-bond donors (Lipinski definition) is 1. The normalized spacial score (nSPS) is 22.9. The Morgan fingerprint density at radius 1 is 1.17 bits per heavy atom. The molecule has 7 heteroatoms. The van der Waals surface area contributed by atoms with Crippen molar-refractivity contribution >= 4 is 21.7 Å². The summed E-state index contributed by atoms with van der Waals surface area (Å²) in [7, 11) is -3.27. The van der Waals surface area contributed by atoms with E-state index < -0.39 is 27.2 Å². The van der Waals surface area contributed by atoms with Crippen molar-refractivity contribution in [2.24, 2.45) is 5.73 Å². The van der Waals surface area contributed by atoms with Crippen molar-refractivity contribution in [2.75, 3.05) is 12.8 Å². The van der Waals surface area contributed by atoms with Crippen LogP contribution in [0.2, 0.25) is 0 Å². The molecule has 1 aliphatic heterocycles. The van der Waals surface area contributed by atoms with Gasteiger partial charge in [-0.05, 0) is 43.4 Å². The van der Waals surface area contributed by atoms with Crippen LogP contribution in [0.4, 0.5) is 0 Å². The van der Waals surface area contributed by atoms with Crippen molar-refractivity contribution in [1.82, 2.24) is 4.90 Å². The number of benzene rings is 1. The van der Waals surface area contributed by atoms with Crippen molar-refractivity contribution in [3.05, 3.63) is 29.8 Å². The first kappa shape index (κ1) is 17.0. The van der Waals surface area contributed by atoms with Gasteiger partial charge in [-0.3, -0.25) is 9.59 Å². The molecule has 1 heterocycles. The molecule has 1 saturated heterocycles. The van der Waals surface area contributed by atoms with Gasteiger partial charge in [0.1, 0.15) is 6.04 Å². The second-order valence-corrected chi connectivity index (χ2v) is 8.81. The van der Waals surface area contributed by atoms with E-state index in [4.69, 9.17) is 5.73 Å². The summed E-state index contributed by atoms with van der Waals surface area (Å²) >= 11 is 0. The number of primary amides is 1. The first-order chi connectivity index (χ1) is 11.3. The molecule has 1 aromatic carbocycles. The Hall–Kier alpha value is -1.89. The summed E-state index contributed by atoms with van der Waals surface area (Å²) < 4.78 is 23.2. The fraction of sp³-hybridized carbons (Fsp3) is 0.529. The van der Waals surface area contributed by atoms with Crippen LogP contribution >= 0.6 is 0 Å². The molecule has 24 heavy (non-hydrogen) atoms. The summed E-state index contributed by atoms with van der Waals surface area (Å²) in [5.74, 6) is -0.509. The molecule has 0 spiro atoms. The Bertz CT molecular complexity index is 766. The number of carbonyl (C=O) groups is 2. The van der Waals surface area contributed by atoms with Gasteiger partial charge in [0.05, 0.1) is 10.3 Å². The molecule has 0 bridgehead atoms. The first-order valence-corrected chi connectivity index (χ1v) is 10.1. The van der Waals surface area contributed by atoms with E-state index in [2.05, 4.69) is 0 Å². The zero-order valence-electron chi connectivity index (χ0n) is 13.7. The van der Waals surface area contributed by atoms with Gasteiger partial charge in [-0.1, -0.05) is 18.6 Å². The Morgan fingerprint density at radius 2 is 1.79 bits per heavy atom. The average molecular weight is 350 g/mol. The van der Waals surface area contributed by atoms with Crippen molar-refractivity contribution in [3.8, 4) is 0 Å². The highest BCUT2D eigenvalue weighted by atomic mass is 32.2. The molecule has 1 atom stereocenters. The quantitative estimate of drug-likeness (QED) is 0.875. The van der Waals surface area contributed by atoms with E-state index in [-0.39, 0.29) is 10.8 Å². The lowest BCUT2D eigenvalue weighted by molar-refractivity contribution is -0.145. The third kappa shape index (κ3) is 2.70. The van der Waals surface area contributed by atoms with E-state index in [0.717, 1.165) is 24.7 Å². The Kier molecular flexibility index (Phi) is 4.15. The molecular formula is C17H22N2O4S. The number of nitrogens with two attached hydrogens (primary N) is 1. The lowest BCUT2D eigenvalue weighted by Gasteiger charge is -2.44. The van der Waals surface area contributed by atoms with E-state index in [1.54, 1.807) is 29.2 Å². The van der Waals surface area contributed by atoms with Crippen LogP contribution in [0.1, 0.15) is 37.7 Å². The smallest absolute Gasteiger partial charge is 0.240 e. The van der Waals surface area contributed by atoms with Crippen LogP contribution in [0, 0.1) is 0 Å². The Balaban J connectivity index is 1.92. The first-order valence-electron chi connectivity index (χ1n) is 8.17. The maximum Gasteiger partial charge on any atom is 0.240 e. The number of carbonyl (C=O) groups excluding carboxylic acids is 2. The van der Waals surface area contributed by atoms with Crippen molar-refractivity contribution < 1.29 is 18.0 Å². The van der Waals surface area contributed by atoms with Crippen LogP contribution in [0.3, 0.4) is 0 Å². The van der Waals surface area contributed by atoms with Crippen molar-refractivity contribution in [1.29, 1.82) is 0 Å². The zero-order valence-corrected chi connectivity index (χ0v) is 14.5. The van der Waals surface area contributed by atoms with Crippen LogP contribution in [0.5, 0.6) is 0 Å². The number of amides is 2. The zero-order chi connectivity index (χ0) is 17.5. The predicted molar refractivity (Wildman–Crippen MR) is 89.0 cm³/mol. The third-order valence-corrected chi connectivity index (χ3v) is 6.42. The Morgan fingerprint density at radius 3 is 2.25 bits per heavy atom. The van der Waals surface area contributed by atoms with E-state index in [0.29, 0.717) is 25.8 Å². The topological polar surface area (TPSA) is 97.5 Å². The van der Waals surface area contributed by atoms with Gasteiger partial charge in [0.25, 0.3) is 0 Å². The fourth-order valence-electron chi connectivity index (χ4n) is 3.76. The monoisotopic (exact) mass is 350 g/mol. The van der Waals surface area contributed by atoms with E-state index in [1.165, 1.54) is 0 Å². The van der Waals surface area contributed by atoms with Gasteiger partial charge in [0, 0.05) is 12.8 Å². The molecule has 1 aromatic rings. The van der Waals surface area contributed by atoms with Crippen molar-refractivity contribution in [2.45, 2.75) is 48.5 Å². The fourth-order valence-corrected chi connectivity index (χ4v) is 4.39. The summed E-state index contributed by atoms with van der Waals surface area (Å²) in [4.78, 5) is 26.6. The molecule has 2 N–H and O–H groups in total. The van der Waals surface area contributed by atoms with Gasteiger partial charge in [0.15, 0.2) is 9.84 Å². The molecule has 2 amide bonds. The minimum Gasteiger partial charge on any atom is -0.368 e. The van der Waals surface area contributed by atoms with Crippen LogP contribution in [0.15, 0.2) is 29.2 Å². The Labute approximate surface area is 141 Å². The SMILES string of the molecule is CS(=O)(=O)c1ccc(C2(C(=O)N3CCC[C@@H]3C(N)=O)CCC2)cc1. The molecule has 3 rings (SSSR count). The lowest BCUT2D eigenvalue weighted by atomic mass is 9.63. The van der Waals surface area contributed by atoms with E-state index in [1.807, 2.05) is 0 Å². The van der Waals surface area contributed by atoms with Gasteiger partial charge in [0.2, 0.25) is 11.8 Å². The molecule has 1 saturated carbocycles. The minimum absolute atomic E-state index is 0.0536. The van der Waals surface area contributed by atoms with E-state index >= 15 is 0 Å². The van der Waals surface area contributed by atoms with Crippen LogP contribution in [-0.2, 0) is 24.8 Å². The maximum atomic E-state index is 13.1. The summed E-state index contributed by atoms with van der Waals surface area (Å²) in [6.07, 6.45) is 4.92. The van der Waals surface area contributed by atoms with E-state index in [9.17, 15) is 18.0 Å². The summed E-state index contributed by atoms with van der Waals surface area (Å²) in [6, 6.07) is 6.03. The maximum absolute atomic E-state index is 13.1.